The molecule has 0 amide bonds. The van der Waals surface area contributed by atoms with Gasteiger partial charge < -0.3 is 0 Å². The number of benzene rings is 1. The maximum Gasteiger partial charge on any atom is 0.0471 e. The van der Waals surface area contributed by atoms with Gasteiger partial charge in [-0.05, 0) is 12.0 Å². The number of aryl methyl sites for hydroxylation is 1. The lowest BCUT2D eigenvalue weighted by molar-refractivity contribution is 0.896. The van der Waals surface area contributed by atoms with Gasteiger partial charge in [0.15, 0.2) is 0 Å². The molecule has 1 heteroatoms. The van der Waals surface area contributed by atoms with Crippen LogP contribution in [0.3, 0.4) is 0 Å². The highest BCUT2D eigenvalue weighted by Crippen LogP contribution is 2.18. The van der Waals surface area contributed by atoms with Gasteiger partial charge in [-0.2, -0.15) is 0 Å². The maximum atomic E-state index is 2.50. The third kappa shape index (κ3) is 4.10. The van der Waals surface area contributed by atoms with E-state index < -0.39 is 8.07 Å². The fourth-order valence-electron chi connectivity index (χ4n) is 1.59. The normalized spacial score (nSPS) is 11.6. The van der Waals surface area contributed by atoms with Crippen LogP contribution in [0.5, 0.6) is 0 Å². The van der Waals surface area contributed by atoms with Crippen LogP contribution in [0.2, 0.25) is 25.2 Å². The van der Waals surface area contributed by atoms with Gasteiger partial charge in [-0.1, -0.05) is 68.9 Å². The minimum absolute atomic E-state index is 0.831. The largest absolute Gasteiger partial charge is 0.0694 e. The molecular weight excluding hydrogens is 184 g/mol. The van der Waals surface area contributed by atoms with Gasteiger partial charge in [0.25, 0.3) is 0 Å². The molecule has 0 bridgehead atoms. The van der Waals surface area contributed by atoms with Gasteiger partial charge in [0.05, 0.1) is 0 Å². The Balaban J connectivity index is 2.29. The third-order valence-corrected chi connectivity index (χ3v) is 6.74. The summed E-state index contributed by atoms with van der Waals surface area (Å²) in [6.45, 7) is 7.34. The van der Waals surface area contributed by atoms with Crippen LogP contribution in [0.4, 0.5) is 0 Å². The van der Waals surface area contributed by atoms with E-state index in [1.807, 2.05) is 0 Å². The van der Waals surface area contributed by atoms with Crippen molar-refractivity contribution in [2.75, 3.05) is 0 Å². The van der Waals surface area contributed by atoms with Gasteiger partial charge in [-0.25, -0.2) is 0 Å². The van der Waals surface area contributed by atoms with Crippen LogP contribution in [-0.2, 0) is 6.42 Å². The molecule has 0 saturated carbocycles. The second-order valence-corrected chi connectivity index (χ2v) is 10.4. The molecule has 0 heterocycles. The molecule has 0 N–H and O–H groups in total. The first-order valence-electron chi connectivity index (χ1n) is 5.68. The Morgan fingerprint density at radius 2 is 1.71 bits per heavy atom. The van der Waals surface area contributed by atoms with Crippen LogP contribution in [0.15, 0.2) is 30.3 Å². The SMILES string of the molecule is CC[Si](C)(C)CCCc1ccccc1. The summed E-state index contributed by atoms with van der Waals surface area (Å²) in [4.78, 5) is 0. The molecule has 1 aromatic carbocycles. The Kier molecular flexibility index (Phi) is 4.40. The second kappa shape index (κ2) is 5.35. The lowest BCUT2D eigenvalue weighted by atomic mass is 10.1. The van der Waals surface area contributed by atoms with E-state index in [-0.39, 0.29) is 0 Å². The Morgan fingerprint density at radius 3 is 2.29 bits per heavy atom. The molecular formula is C13H22Si. The van der Waals surface area contributed by atoms with Crippen molar-refractivity contribution in [1.29, 1.82) is 0 Å². The molecule has 0 aliphatic heterocycles. The van der Waals surface area contributed by atoms with E-state index in [9.17, 15) is 0 Å². The van der Waals surface area contributed by atoms with E-state index in [1.165, 1.54) is 30.5 Å². The monoisotopic (exact) mass is 206 g/mol. The Labute approximate surface area is 89.4 Å². The fourth-order valence-corrected chi connectivity index (χ4v) is 3.08. The quantitative estimate of drug-likeness (QED) is 0.628. The number of rotatable bonds is 5. The lowest BCUT2D eigenvalue weighted by Crippen LogP contribution is -2.23. The third-order valence-electron chi connectivity index (χ3n) is 3.12. The van der Waals surface area contributed by atoms with Gasteiger partial charge >= 0.3 is 0 Å². The van der Waals surface area contributed by atoms with E-state index >= 15 is 0 Å². The van der Waals surface area contributed by atoms with Crippen LogP contribution in [-0.4, -0.2) is 8.07 Å². The maximum absolute atomic E-state index is 2.50. The lowest BCUT2D eigenvalue weighted by Gasteiger charge is -2.19. The summed E-state index contributed by atoms with van der Waals surface area (Å²) in [6, 6.07) is 13.7. The topological polar surface area (TPSA) is 0 Å². The van der Waals surface area contributed by atoms with Gasteiger partial charge in [-0.15, -0.1) is 0 Å². The Morgan fingerprint density at radius 1 is 1.07 bits per heavy atom. The predicted molar refractivity (Wildman–Crippen MR) is 67.5 cm³/mol. The molecule has 0 atom stereocenters. The van der Waals surface area contributed by atoms with Crippen LogP contribution >= 0.6 is 0 Å². The van der Waals surface area contributed by atoms with Crippen LogP contribution in [0.25, 0.3) is 0 Å². The second-order valence-electron chi connectivity index (χ2n) is 4.86. The molecule has 14 heavy (non-hydrogen) atoms. The highest BCUT2D eigenvalue weighted by atomic mass is 28.3. The zero-order valence-corrected chi connectivity index (χ0v) is 10.7. The summed E-state index contributed by atoms with van der Waals surface area (Å²) in [5, 5.41) is 0. The minimum atomic E-state index is -0.831. The van der Waals surface area contributed by atoms with Crippen LogP contribution in [0, 0.1) is 0 Å². The zero-order valence-electron chi connectivity index (χ0n) is 9.72. The molecule has 0 unspecified atom stereocenters. The van der Waals surface area contributed by atoms with Crippen molar-refractivity contribution in [1.82, 2.24) is 0 Å². The Hall–Kier alpha value is -0.563. The molecule has 0 nitrogen and oxygen atoms in total. The first kappa shape index (κ1) is 11.5. The van der Waals surface area contributed by atoms with Gasteiger partial charge in [-0.3, -0.25) is 0 Å². The van der Waals surface area contributed by atoms with Crippen molar-refractivity contribution < 1.29 is 0 Å². The summed E-state index contributed by atoms with van der Waals surface area (Å²) in [5.41, 5.74) is 1.49. The molecule has 0 aliphatic carbocycles. The van der Waals surface area contributed by atoms with Crippen molar-refractivity contribution in [3.63, 3.8) is 0 Å². The van der Waals surface area contributed by atoms with Gasteiger partial charge in [0, 0.05) is 8.07 Å². The molecule has 0 aromatic heterocycles. The number of hydrogen-bond acceptors (Lipinski definition) is 0. The fraction of sp³-hybridized carbons (Fsp3) is 0.538. The first-order valence-corrected chi connectivity index (χ1v) is 9.09. The van der Waals surface area contributed by atoms with Crippen molar-refractivity contribution in [2.45, 2.75) is 44.9 Å². The van der Waals surface area contributed by atoms with Gasteiger partial charge in [0.2, 0.25) is 0 Å². The van der Waals surface area contributed by atoms with Crippen LogP contribution in [0.1, 0.15) is 18.9 Å². The zero-order chi connectivity index (χ0) is 10.4. The first-order chi connectivity index (χ1) is 6.64. The average molecular weight is 206 g/mol. The number of hydrogen-bond donors (Lipinski definition) is 0. The molecule has 1 rings (SSSR count). The molecule has 0 fully saturated rings. The van der Waals surface area contributed by atoms with E-state index in [0.717, 1.165) is 0 Å². The van der Waals surface area contributed by atoms with Crippen molar-refractivity contribution in [3.05, 3.63) is 35.9 Å². The predicted octanol–water partition coefficient (Wildman–Crippen LogP) is 4.35. The molecule has 0 radical (unpaired) electrons. The highest BCUT2D eigenvalue weighted by molar-refractivity contribution is 6.77. The van der Waals surface area contributed by atoms with E-state index in [2.05, 4.69) is 50.3 Å². The standard InChI is InChI=1S/C13H22Si/c1-4-14(2,3)12-8-11-13-9-6-5-7-10-13/h5-7,9-10H,4,8,11-12H2,1-3H3. The van der Waals surface area contributed by atoms with Crippen molar-refractivity contribution in [2.24, 2.45) is 0 Å². The summed E-state index contributed by atoms with van der Waals surface area (Å²) in [7, 11) is -0.831. The van der Waals surface area contributed by atoms with Crippen LogP contribution < -0.4 is 0 Å². The molecule has 1 aromatic rings. The molecule has 0 aliphatic rings. The van der Waals surface area contributed by atoms with E-state index in [1.54, 1.807) is 0 Å². The summed E-state index contributed by atoms with van der Waals surface area (Å²) >= 11 is 0. The summed E-state index contributed by atoms with van der Waals surface area (Å²) < 4.78 is 0. The Bertz CT molecular complexity index is 251. The molecule has 0 spiro atoms. The minimum Gasteiger partial charge on any atom is -0.0694 e. The summed E-state index contributed by atoms with van der Waals surface area (Å²) in [6.07, 6.45) is 2.63. The average Bonchev–Trinajstić information content (AvgIpc) is 2.19. The van der Waals surface area contributed by atoms with Crippen molar-refractivity contribution >= 4 is 8.07 Å². The van der Waals surface area contributed by atoms with E-state index in [0.29, 0.717) is 0 Å². The van der Waals surface area contributed by atoms with Gasteiger partial charge in [0.1, 0.15) is 0 Å². The highest BCUT2D eigenvalue weighted by Gasteiger charge is 2.16. The molecule has 78 valence electrons. The smallest absolute Gasteiger partial charge is 0.0471 e. The van der Waals surface area contributed by atoms with Crippen molar-refractivity contribution in [3.8, 4) is 0 Å². The van der Waals surface area contributed by atoms with E-state index in [4.69, 9.17) is 0 Å². The summed E-state index contributed by atoms with van der Waals surface area (Å²) in [5.74, 6) is 0. The molecule has 0 saturated heterocycles.